The van der Waals surface area contributed by atoms with Crippen molar-refractivity contribution in [3.63, 3.8) is 0 Å². The number of carbonyl (C=O) groups excluding carboxylic acids is 1. The Balaban J connectivity index is 1.67. The molecule has 0 aliphatic carbocycles. The summed E-state index contributed by atoms with van der Waals surface area (Å²) in [5.41, 5.74) is 2.97. The highest BCUT2D eigenvalue weighted by molar-refractivity contribution is 9.10. The highest BCUT2D eigenvalue weighted by Crippen LogP contribution is 2.20. The number of benzene rings is 1. The molecule has 2 aromatic heterocycles. The van der Waals surface area contributed by atoms with Gasteiger partial charge in [-0.05, 0) is 46.3 Å². The van der Waals surface area contributed by atoms with E-state index in [2.05, 4.69) is 41.7 Å². The van der Waals surface area contributed by atoms with Crippen LogP contribution in [0, 0.1) is 0 Å². The predicted octanol–water partition coefficient (Wildman–Crippen LogP) is 3.70. The van der Waals surface area contributed by atoms with Crippen molar-refractivity contribution in [2.24, 2.45) is 0 Å². The maximum absolute atomic E-state index is 12.2. The molecule has 2 N–H and O–H groups in total. The molecule has 0 aliphatic rings. The van der Waals surface area contributed by atoms with E-state index in [1.54, 1.807) is 18.5 Å². The minimum atomic E-state index is -0.218. The van der Waals surface area contributed by atoms with Crippen LogP contribution < -0.4 is 15.5 Å². The molecule has 8 heteroatoms. The average Bonchev–Trinajstić information content (AvgIpc) is 2.63. The number of rotatable bonds is 5. The number of aromatic nitrogens is 3. The van der Waals surface area contributed by atoms with Crippen LogP contribution in [-0.4, -0.2) is 35.2 Å². The van der Waals surface area contributed by atoms with Crippen molar-refractivity contribution in [3.8, 4) is 0 Å². The van der Waals surface area contributed by atoms with Gasteiger partial charge in [-0.1, -0.05) is 0 Å². The molecule has 0 saturated carbocycles. The van der Waals surface area contributed by atoms with Crippen LogP contribution in [0.2, 0.25) is 0 Å². The molecule has 7 nitrogen and oxygen atoms in total. The first-order chi connectivity index (χ1) is 12.5. The van der Waals surface area contributed by atoms with Gasteiger partial charge >= 0.3 is 0 Å². The lowest BCUT2D eigenvalue weighted by molar-refractivity contribution is 0.102. The largest absolute Gasteiger partial charge is 0.376 e. The van der Waals surface area contributed by atoms with E-state index in [9.17, 15) is 4.79 Å². The van der Waals surface area contributed by atoms with E-state index in [0.717, 1.165) is 15.8 Å². The van der Waals surface area contributed by atoms with Crippen molar-refractivity contribution in [2.45, 2.75) is 0 Å². The number of nitrogens with one attached hydrogen (secondary N) is 2. The van der Waals surface area contributed by atoms with Crippen LogP contribution in [0.4, 0.5) is 22.9 Å². The fourth-order valence-electron chi connectivity index (χ4n) is 2.19. The first kappa shape index (κ1) is 17.8. The van der Waals surface area contributed by atoms with Crippen LogP contribution >= 0.6 is 15.9 Å². The fraction of sp³-hybridized carbons (Fsp3) is 0.111. The Hall–Kier alpha value is -3.00. The quantitative estimate of drug-likeness (QED) is 0.664. The topological polar surface area (TPSA) is 83.0 Å². The van der Waals surface area contributed by atoms with Crippen LogP contribution in [0.1, 0.15) is 10.4 Å². The van der Waals surface area contributed by atoms with Gasteiger partial charge in [-0.25, -0.2) is 0 Å². The average molecular weight is 413 g/mol. The summed E-state index contributed by atoms with van der Waals surface area (Å²) in [7, 11) is 3.89. The predicted molar refractivity (Wildman–Crippen MR) is 106 cm³/mol. The molecule has 132 valence electrons. The van der Waals surface area contributed by atoms with Crippen LogP contribution in [0.3, 0.4) is 0 Å². The molecule has 0 bridgehead atoms. The first-order valence-electron chi connectivity index (χ1n) is 7.80. The lowest BCUT2D eigenvalue weighted by Gasteiger charge is -2.13. The fourth-order valence-corrected chi connectivity index (χ4v) is 2.55. The van der Waals surface area contributed by atoms with Gasteiger partial charge in [0, 0.05) is 48.4 Å². The number of nitrogens with zero attached hydrogens (tertiary/aromatic N) is 4. The van der Waals surface area contributed by atoms with Gasteiger partial charge in [-0.15, -0.1) is 5.10 Å². The molecule has 0 unspecified atom stereocenters. The number of pyridine rings is 1. The Morgan fingerprint density at radius 3 is 2.46 bits per heavy atom. The summed E-state index contributed by atoms with van der Waals surface area (Å²) in [4.78, 5) is 18.2. The van der Waals surface area contributed by atoms with Crippen molar-refractivity contribution < 1.29 is 4.79 Å². The highest BCUT2D eigenvalue weighted by Gasteiger charge is 2.07. The van der Waals surface area contributed by atoms with Gasteiger partial charge in [0.15, 0.2) is 5.82 Å². The van der Waals surface area contributed by atoms with Gasteiger partial charge in [-0.3, -0.25) is 9.78 Å². The van der Waals surface area contributed by atoms with E-state index in [1.165, 1.54) is 6.20 Å². The van der Waals surface area contributed by atoms with Crippen molar-refractivity contribution in [1.82, 2.24) is 15.2 Å². The van der Waals surface area contributed by atoms with Crippen LogP contribution in [-0.2, 0) is 0 Å². The van der Waals surface area contributed by atoms with E-state index in [4.69, 9.17) is 0 Å². The van der Waals surface area contributed by atoms with Gasteiger partial charge in [0.2, 0.25) is 0 Å². The Bertz CT molecular complexity index is 914. The summed E-state index contributed by atoms with van der Waals surface area (Å²) >= 11 is 3.31. The van der Waals surface area contributed by atoms with Gasteiger partial charge in [0.1, 0.15) is 0 Å². The summed E-state index contributed by atoms with van der Waals surface area (Å²) in [6, 6.07) is 11.0. The molecule has 1 amide bonds. The highest BCUT2D eigenvalue weighted by atomic mass is 79.9. The van der Waals surface area contributed by atoms with E-state index < -0.39 is 0 Å². The molecular weight excluding hydrogens is 396 g/mol. The molecule has 0 spiro atoms. The second-order valence-corrected chi connectivity index (χ2v) is 6.66. The van der Waals surface area contributed by atoms with Gasteiger partial charge in [-0.2, -0.15) is 5.10 Å². The molecule has 3 rings (SSSR count). The van der Waals surface area contributed by atoms with Crippen LogP contribution in [0.25, 0.3) is 0 Å². The Morgan fingerprint density at radius 1 is 1.04 bits per heavy atom. The SMILES string of the molecule is CN(C)c1cnnc(Nc2ccc(NC(=O)c3cncc(Br)c3)cc2)c1. The summed E-state index contributed by atoms with van der Waals surface area (Å²) in [5.74, 6) is 0.428. The van der Waals surface area contributed by atoms with Crippen molar-refractivity contribution >= 4 is 44.7 Å². The summed E-state index contributed by atoms with van der Waals surface area (Å²) < 4.78 is 0.755. The van der Waals surface area contributed by atoms with Crippen LogP contribution in [0.5, 0.6) is 0 Å². The minimum absolute atomic E-state index is 0.218. The summed E-state index contributed by atoms with van der Waals surface area (Å²) in [6.07, 6.45) is 4.85. The van der Waals surface area contributed by atoms with E-state index in [0.29, 0.717) is 17.1 Å². The molecule has 0 radical (unpaired) electrons. The van der Waals surface area contributed by atoms with Gasteiger partial charge < -0.3 is 15.5 Å². The minimum Gasteiger partial charge on any atom is -0.376 e. The number of amides is 1. The number of hydrogen-bond acceptors (Lipinski definition) is 6. The second kappa shape index (κ2) is 7.92. The van der Waals surface area contributed by atoms with Crippen molar-refractivity contribution in [1.29, 1.82) is 0 Å². The molecule has 0 aliphatic heterocycles. The molecule has 3 aromatic rings. The van der Waals surface area contributed by atoms with Gasteiger partial charge in [0.05, 0.1) is 17.4 Å². The molecule has 26 heavy (non-hydrogen) atoms. The maximum atomic E-state index is 12.2. The molecule has 0 atom stereocenters. The Morgan fingerprint density at radius 2 is 1.77 bits per heavy atom. The third kappa shape index (κ3) is 4.54. The summed E-state index contributed by atoms with van der Waals surface area (Å²) in [6.45, 7) is 0. The molecular formula is C18H17BrN6O. The first-order valence-corrected chi connectivity index (χ1v) is 8.59. The molecule has 2 heterocycles. The van der Waals surface area contributed by atoms with E-state index in [-0.39, 0.29) is 5.91 Å². The second-order valence-electron chi connectivity index (χ2n) is 5.74. The number of hydrogen-bond donors (Lipinski definition) is 2. The lowest BCUT2D eigenvalue weighted by Crippen LogP contribution is -2.12. The standard InChI is InChI=1S/C18H17BrN6O/c1-25(2)16-8-17(24-21-11-16)22-14-3-5-15(6-4-14)23-18(26)12-7-13(19)10-20-9-12/h3-11H,1-2H3,(H,22,24)(H,23,26). The molecule has 0 fully saturated rings. The third-order valence-electron chi connectivity index (χ3n) is 3.54. The molecule has 1 aromatic carbocycles. The van der Waals surface area contributed by atoms with Crippen LogP contribution in [0.15, 0.2) is 59.5 Å². The van der Waals surface area contributed by atoms with E-state index in [1.807, 2.05) is 49.3 Å². The smallest absolute Gasteiger partial charge is 0.257 e. The molecule has 0 saturated heterocycles. The number of anilines is 4. The lowest BCUT2D eigenvalue weighted by atomic mass is 10.2. The van der Waals surface area contributed by atoms with Gasteiger partial charge in [0.25, 0.3) is 5.91 Å². The third-order valence-corrected chi connectivity index (χ3v) is 3.97. The Kier molecular flexibility index (Phi) is 5.43. The Labute approximate surface area is 159 Å². The normalized spacial score (nSPS) is 10.3. The van der Waals surface area contributed by atoms with Crippen molar-refractivity contribution in [2.75, 3.05) is 29.6 Å². The van der Waals surface area contributed by atoms with E-state index >= 15 is 0 Å². The summed E-state index contributed by atoms with van der Waals surface area (Å²) in [5, 5.41) is 14.1. The number of carbonyl (C=O) groups is 1. The zero-order valence-electron chi connectivity index (χ0n) is 14.3. The number of halogens is 1. The monoisotopic (exact) mass is 412 g/mol. The van der Waals surface area contributed by atoms with Crippen molar-refractivity contribution in [3.05, 3.63) is 65.0 Å². The zero-order valence-corrected chi connectivity index (χ0v) is 15.9. The maximum Gasteiger partial charge on any atom is 0.257 e. The zero-order chi connectivity index (χ0) is 18.5.